The van der Waals surface area contributed by atoms with Crippen LogP contribution in [0.15, 0.2) is 23.1 Å². The van der Waals surface area contributed by atoms with Crippen LogP contribution >= 0.6 is 0 Å². The topological polar surface area (TPSA) is 98.6 Å². The van der Waals surface area contributed by atoms with E-state index in [2.05, 4.69) is 4.90 Å². The van der Waals surface area contributed by atoms with Crippen LogP contribution in [0.2, 0.25) is 0 Å². The van der Waals surface area contributed by atoms with E-state index in [1.165, 1.54) is 6.07 Å². The number of nitrogens with two attached hydrogens (primary N) is 2. The summed E-state index contributed by atoms with van der Waals surface area (Å²) in [6, 6.07) is 5.36. The minimum Gasteiger partial charge on any atom is -0.398 e. The summed E-state index contributed by atoms with van der Waals surface area (Å²) in [6.45, 7) is 1.38. The lowest BCUT2D eigenvalue weighted by atomic mass is 10.2. The van der Waals surface area contributed by atoms with Crippen LogP contribution in [-0.2, 0) is 14.8 Å². The van der Waals surface area contributed by atoms with Crippen LogP contribution in [0.4, 0.5) is 11.4 Å². The molecular formula is C12H19N3O3S. The highest BCUT2D eigenvalue weighted by Gasteiger charge is 2.29. The number of rotatable bonds is 6. The predicted molar refractivity (Wildman–Crippen MR) is 74.5 cm³/mol. The molecule has 1 fully saturated rings. The normalized spacial score (nSPS) is 15.5. The molecule has 0 saturated heterocycles. The smallest absolute Gasteiger partial charge is 0.240 e. The summed E-state index contributed by atoms with van der Waals surface area (Å²) < 4.78 is 27.7. The molecule has 1 aromatic rings. The number of anilines is 2. The molecule has 0 aliphatic heterocycles. The Labute approximate surface area is 113 Å². The van der Waals surface area contributed by atoms with Crippen molar-refractivity contribution in [3.05, 3.63) is 18.2 Å². The summed E-state index contributed by atoms with van der Waals surface area (Å²) in [5, 5.41) is 5.09. The first-order chi connectivity index (χ1) is 8.93. The van der Waals surface area contributed by atoms with E-state index in [0.717, 1.165) is 25.1 Å². The maximum atomic E-state index is 11.3. The molecule has 1 aliphatic carbocycles. The van der Waals surface area contributed by atoms with Crippen LogP contribution in [-0.4, -0.2) is 34.7 Å². The van der Waals surface area contributed by atoms with Gasteiger partial charge >= 0.3 is 0 Å². The van der Waals surface area contributed by atoms with E-state index in [9.17, 15) is 8.42 Å². The number of nitrogens with zero attached hydrogens (tertiary/aromatic N) is 1. The van der Waals surface area contributed by atoms with Crippen molar-refractivity contribution in [3.63, 3.8) is 0 Å². The summed E-state index contributed by atoms with van der Waals surface area (Å²) in [7, 11) is -2.11. The van der Waals surface area contributed by atoms with Crippen LogP contribution < -0.4 is 15.8 Å². The first-order valence-electron chi connectivity index (χ1n) is 6.11. The van der Waals surface area contributed by atoms with Crippen LogP contribution in [0.1, 0.15) is 12.8 Å². The molecule has 0 atom stereocenters. The maximum Gasteiger partial charge on any atom is 0.240 e. The number of ether oxygens (including phenoxy) is 1. The third kappa shape index (κ3) is 3.37. The quantitative estimate of drug-likeness (QED) is 0.743. The highest BCUT2D eigenvalue weighted by atomic mass is 32.2. The van der Waals surface area contributed by atoms with E-state index in [1.807, 2.05) is 0 Å². The predicted octanol–water partition coefficient (Wildman–Crippen LogP) is 0.531. The van der Waals surface area contributed by atoms with Gasteiger partial charge in [-0.15, -0.1) is 0 Å². The Kier molecular flexibility index (Phi) is 3.98. The third-order valence-electron chi connectivity index (χ3n) is 3.16. The fraction of sp³-hybridized carbons (Fsp3) is 0.500. The molecule has 0 aromatic heterocycles. The molecule has 1 aliphatic rings. The zero-order valence-corrected chi connectivity index (χ0v) is 11.7. The van der Waals surface area contributed by atoms with E-state index in [0.29, 0.717) is 12.6 Å². The van der Waals surface area contributed by atoms with Gasteiger partial charge in [-0.05, 0) is 31.0 Å². The SMILES string of the molecule is COCCN(c1ccc(S(N)(=O)=O)c(N)c1)C1CC1. The molecule has 4 N–H and O–H groups in total. The molecule has 19 heavy (non-hydrogen) atoms. The molecule has 7 heteroatoms. The number of hydrogen-bond acceptors (Lipinski definition) is 5. The van der Waals surface area contributed by atoms with Crippen LogP contribution in [0.25, 0.3) is 0 Å². The van der Waals surface area contributed by atoms with Crippen LogP contribution in [0, 0.1) is 0 Å². The van der Waals surface area contributed by atoms with Gasteiger partial charge in [0.25, 0.3) is 0 Å². The lowest BCUT2D eigenvalue weighted by Crippen LogP contribution is -2.29. The lowest BCUT2D eigenvalue weighted by molar-refractivity contribution is 0.205. The van der Waals surface area contributed by atoms with E-state index >= 15 is 0 Å². The molecule has 106 valence electrons. The number of sulfonamides is 1. The minimum absolute atomic E-state index is 0.0289. The Morgan fingerprint density at radius 1 is 1.42 bits per heavy atom. The van der Waals surface area contributed by atoms with E-state index in [4.69, 9.17) is 15.6 Å². The molecule has 1 aromatic carbocycles. The second kappa shape index (κ2) is 5.36. The Balaban J connectivity index is 2.26. The van der Waals surface area contributed by atoms with Crippen molar-refractivity contribution in [1.29, 1.82) is 0 Å². The van der Waals surface area contributed by atoms with E-state index in [1.54, 1.807) is 19.2 Å². The van der Waals surface area contributed by atoms with Gasteiger partial charge < -0.3 is 15.4 Å². The fourth-order valence-electron chi connectivity index (χ4n) is 2.07. The van der Waals surface area contributed by atoms with Gasteiger partial charge in [-0.3, -0.25) is 0 Å². The zero-order valence-electron chi connectivity index (χ0n) is 10.9. The number of primary sulfonamides is 1. The number of benzene rings is 1. The monoisotopic (exact) mass is 285 g/mol. The molecular weight excluding hydrogens is 266 g/mol. The van der Waals surface area contributed by atoms with Crippen molar-refractivity contribution < 1.29 is 13.2 Å². The molecule has 2 rings (SSSR count). The fourth-order valence-corrected chi connectivity index (χ4v) is 2.72. The standard InChI is InChI=1S/C12H19N3O3S/c1-18-7-6-15(9-2-3-9)10-4-5-12(11(13)8-10)19(14,16)17/h4-5,8-9H,2-3,6-7,13H2,1H3,(H2,14,16,17). The van der Waals surface area contributed by atoms with Gasteiger partial charge in [-0.2, -0.15) is 0 Å². The minimum atomic E-state index is -3.77. The van der Waals surface area contributed by atoms with Crippen LogP contribution in [0.5, 0.6) is 0 Å². The summed E-state index contributed by atoms with van der Waals surface area (Å²) in [6.07, 6.45) is 2.28. The molecule has 0 unspecified atom stereocenters. The Bertz CT molecular complexity index is 555. The Hall–Kier alpha value is -1.31. The van der Waals surface area contributed by atoms with Gasteiger partial charge in [0.05, 0.1) is 12.3 Å². The molecule has 6 nitrogen and oxygen atoms in total. The summed E-state index contributed by atoms with van der Waals surface area (Å²) in [4.78, 5) is 2.16. The number of nitrogen functional groups attached to an aromatic ring is 1. The van der Waals surface area contributed by atoms with Gasteiger partial charge in [0, 0.05) is 25.4 Å². The lowest BCUT2D eigenvalue weighted by Gasteiger charge is -2.25. The zero-order chi connectivity index (χ0) is 14.0. The summed E-state index contributed by atoms with van der Waals surface area (Å²) >= 11 is 0. The van der Waals surface area contributed by atoms with Crippen molar-refractivity contribution in [3.8, 4) is 0 Å². The number of methoxy groups -OCH3 is 1. The van der Waals surface area contributed by atoms with Gasteiger partial charge in [-0.25, -0.2) is 13.6 Å². The van der Waals surface area contributed by atoms with E-state index < -0.39 is 10.0 Å². The summed E-state index contributed by atoms with van der Waals surface area (Å²) in [5.74, 6) is 0. The van der Waals surface area contributed by atoms with Gasteiger partial charge in [0.15, 0.2) is 0 Å². The Morgan fingerprint density at radius 2 is 2.11 bits per heavy atom. The largest absolute Gasteiger partial charge is 0.398 e. The molecule has 0 bridgehead atoms. The van der Waals surface area contributed by atoms with Crippen molar-refractivity contribution in [2.45, 2.75) is 23.8 Å². The average Bonchev–Trinajstić information content (AvgIpc) is 3.12. The average molecular weight is 285 g/mol. The van der Waals surface area contributed by atoms with Crippen molar-refractivity contribution >= 4 is 21.4 Å². The second-order valence-corrected chi connectivity index (χ2v) is 6.21. The molecule has 0 radical (unpaired) electrons. The molecule has 0 amide bonds. The van der Waals surface area contributed by atoms with Crippen molar-refractivity contribution in [1.82, 2.24) is 0 Å². The molecule has 1 saturated carbocycles. The van der Waals surface area contributed by atoms with Crippen LogP contribution in [0.3, 0.4) is 0 Å². The van der Waals surface area contributed by atoms with Crippen molar-refractivity contribution in [2.24, 2.45) is 5.14 Å². The number of hydrogen-bond donors (Lipinski definition) is 2. The first kappa shape index (κ1) is 14.1. The Morgan fingerprint density at radius 3 is 2.58 bits per heavy atom. The summed E-state index contributed by atoms with van der Waals surface area (Å²) in [5.41, 5.74) is 6.87. The van der Waals surface area contributed by atoms with Gasteiger partial charge in [0.2, 0.25) is 10.0 Å². The van der Waals surface area contributed by atoms with Gasteiger partial charge in [0.1, 0.15) is 4.90 Å². The van der Waals surface area contributed by atoms with Gasteiger partial charge in [-0.1, -0.05) is 0 Å². The van der Waals surface area contributed by atoms with E-state index in [-0.39, 0.29) is 10.6 Å². The molecule has 0 spiro atoms. The maximum absolute atomic E-state index is 11.3. The highest BCUT2D eigenvalue weighted by Crippen LogP contribution is 2.33. The van der Waals surface area contributed by atoms with Crippen molar-refractivity contribution in [2.75, 3.05) is 30.9 Å². The third-order valence-corrected chi connectivity index (χ3v) is 4.14. The highest BCUT2D eigenvalue weighted by molar-refractivity contribution is 7.89. The first-order valence-corrected chi connectivity index (χ1v) is 7.66. The molecule has 0 heterocycles. The second-order valence-electron chi connectivity index (χ2n) is 4.68.